The molecule has 2 rings (SSSR count). The molecule has 0 fully saturated rings. The van der Waals surface area contributed by atoms with E-state index >= 15 is 0 Å². The third-order valence-electron chi connectivity index (χ3n) is 2.96. The zero-order chi connectivity index (χ0) is 14.7. The second-order valence-corrected chi connectivity index (χ2v) is 4.71. The van der Waals surface area contributed by atoms with Crippen LogP contribution in [0.1, 0.15) is 35.6 Å². The first-order chi connectivity index (χ1) is 9.56. The number of hydrogen-bond donors (Lipinski definition) is 0. The zero-order valence-electron chi connectivity index (χ0n) is 11.8. The normalized spacial score (nSPS) is 10.8. The fraction of sp³-hybridized carbons (Fsp3) is 0.462. The highest BCUT2D eigenvalue weighted by Gasteiger charge is 2.15. The Kier molecular flexibility index (Phi) is 4.44. The first kappa shape index (κ1) is 14.6. The monoisotopic (exact) mass is 296 g/mol. The molecule has 0 spiro atoms. The standard InChI is InChI=1S/C13H17ClN4O2/c1-4-10-12(14)11(17(3)16-10)8-18-7-9(6-15-18)13(19)20-5-2/h6-7H,4-5,8H2,1-3H3. The third-order valence-corrected chi connectivity index (χ3v) is 3.40. The summed E-state index contributed by atoms with van der Waals surface area (Å²) in [4.78, 5) is 11.6. The maximum Gasteiger partial charge on any atom is 0.341 e. The van der Waals surface area contributed by atoms with Gasteiger partial charge in [0.25, 0.3) is 0 Å². The SMILES string of the molecule is CCOC(=O)c1cnn(Cc2c(Cl)c(CC)nn2C)c1. The van der Waals surface area contributed by atoms with E-state index in [0.717, 1.165) is 17.8 Å². The van der Waals surface area contributed by atoms with E-state index in [4.69, 9.17) is 16.3 Å². The van der Waals surface area contributed by atoms with Crippen molar-refractivity contribution >= 4 is 17.6 Å². The van der Waals surface area contributed by atoms with Crippen molar-refractivity contribution in [2.24, 2.45) is 7.05 Å². The molecular formula is C13H17ClN4O2. The van der Waals surface area contributed by atoms with Crippen molar-refractivity contribution in [1.82, 2.24) is 19.6 Å². The van der Waals surface area contributed by atoms with Gasteiger partial charge in [-0.25, -0.2) is 4.79 Å². The molecule has 2 aromatic heterocycles. The van der Waals surface area contributed by atoms with Crippen LogP contribution in [0.2, 0.25) is 5.02 Å². The molecule has 0 saturated heterocycles. The molecule has 2 aromatic rings. The molecule has 0 N–H and O–H groups in total. The summed E-state index contributed by atoms with van der Waals surface area (Å²) >= 11 is 6.28. The molecular weight excluding hydrogens is 280 g/mol. The Balaban J connectivity index is 2.19. The van der Waals surface area contributed by atoms with Gasteiger partial charge in [-0.1, -0.05) is 18.5 Å². The Morgan fingerprint density at radius 2 is 2.20 bits per heavy atom. The number of carbonyl (C=O) groups is 1. The van der Waals surface area contributed by atoms with Crippen LogP contribution >= 0.6 is 11.6 Å². The van der Waals surface area contributed by atoms with Crippen LogP contribution in [0.3, 0.4) is 0 Å². The summed E-state index contributed by atoms with van der Waals surface area (Å²) < 4.78 is 8.31. The average molecular weight is 297 g/mol. The Morgan fingerprint density at radius 3 is 2.80 bits per heavy atom. The average Bonchev–Trinajstić information content (AvgIpc) is 2.99. The van der Waals surface area contributed by atoms with Crippen molar-refractivity contribution in [3.8, 4) is 0 Å². The van der Waals surface area contributed by atoms with Gasteiger partial charge in [0.15, 0.2) is 0 Å². The van der Waals surface area contributed by atoms with E-state index in [0.29, 0.717) is 23.7 Å². The molecule has 0 amide bonds. The largest absolute Gasteiger partial charge is 0.462 e. The second kappa shape index (κ2) is 6.09. The quantitative estimate of drug-likeness (QED) is 0.792. The molecule has 20 heavy (non-hydrogen) atoms. The predicted molar refractivity (Wildman–Crippen MR) is 74.9 cm³/mol. The Hall–Kier alpha value is -1.82. The van der Waals surface area contributed by atoms with Gasteiger partial charge >= 0.3 is 5.97 Å². The van der Waals surface area contributed by atoms with Crippen molar-refractivity contribution in [1.29, 1.82) is 0 Å². The van der Waals surface area contributed by atoms with Crippen molar-refractivity contribution < 1.29 is 9.53 Å². The van der Waals surface area contributed by atoms with Crippen molar-refractivity contribution in [3.63, 3.8) is 0 Å². The first-order valence-electron chi connectivity index (χ1n) is 6.46. The van der Waals surface area contributed by atoms with Crippen molar-refractivity contribution in [2.75, 3.05) is 6.61 Å². The van der Waals surface area contributed by atoms with Gasteiger partial charge in [0.05, 0.1) is 41.3 Å². The van der Waals surface area contributed by atoms with Crippen LogP contribution in [-0.4, -0.2) is 32.1 Å². The minimum Gasteiger partial charge on any atom is -0.462 e. The van der Waals surface area contributed by atoms with Gasteiger partial charge < -0.3 is 4.74 Å². The number of nitrogens with zero attached hydrogens (tertiary/aromatic N) is 4. The smallest absolute Gasteiger partial charge is 0.341 e. The minimum absolute atomic E-state index is 0.345. The molecule has 0 aliphatic heterocycles. The van der Waals surface area contributed by atoms with Gasteiger partial charge in [0, 0.05) is 13.2 Å². The van der Waals surface area contributed by atoms with Gasteiger partial charge in [-0.15, -0.1) is 0 Å². The van der Waals surface area contributed by atoms with Crippen LogP contribution in [-0.2, 0) is 24.8 Å². The molecule has 0 bridgehead atoms. The molecule has 2 heterocycles. The fourth-order valence-corrected chi connectivity index (χ4v) is 2.27. The van der Waals surface area contributed by atoms with E-state index in [9.17, 15) is 4.79 Å². The highest BCUT2D eigenvalue weighted by atomic mass is 35.5. The number of aromatic nitrogens is 4. The van der Waals surface area contributed by atoms with E-state index < -0.39 is 0 Å². The van der Waals surface area contributed by atoms with Gasteiger partial charge in [-0.05, 0) is 13.3 Å². The number of rotatable bonds is 5. The molecule has 0 radical (unpaired) electrons. The van der Waals surface area contributed by atoms with Crippen LogP contribution in [0.4, 0.5) is 0 Å². The maximum atomic E-state index is 11.6. The van der Waals surface area contributed by atoms with Crippen LogP contribution in [0.15, 0.2) is 12.4 Å². The number of ether oxygens (including phenoxy) is 1. The summed E-state index contributed by atoms with van der Waals surface area (Å²) in [5, 5.41) is 9.15. The topological polar surface area (TPSA) is 61.9 Å². The summed E-state index contributed by atoms with van der Waals surface area (Å²) in [5.74, 6) is -0.371. The molecule has 0 aromatic carbocycles. The fourth-order valence-electron chi connectivity index (χ4n) is 1.91. The maximum absolute atomic E-state index is 11.6. The lowest BCUT2D eigenvalue weighted by Gasteiger charge is -2.03. The molecule has 0 saturated carbocycles. The van der Waals surface area contributed by atoms with Gasteiger partial charge in [-0.3, -0.25) is 9.36 Å². The molecule has 0 unspecified atom stereocenters. The lowest BCUT2D eigenvalue weighted by atomic mass is 10.3. The third kappa shape index (κ3) is 2.85. The van der Waals surface area contributed by atoms with Crippen LogP contribution in [0.25, 0.3) is 0 Å². The number of hydrogen-bond acceptors (Lipinski definition) is 4. The number of esters is 1. The summed E-state index contributed by atoms with van der Waals surface area (Å²) in [6, 6.07) is 0. The summed E-state index contributed by atoms with van der Waals surface area (Å²) in [5.41, 5.74) is 2.16. The highest BCUT2D eigenvalue weighted by Crippen LogP contribution is 2.21. The van der Waals surface area contributed by atoms with E-state index in [1.54, 1.807) is 22.5 Å². The van der Waals surface area contributed by atoms with Crippen molar-refractivity contribution in [2.45, 2.75) is 26.8 Å². The van der Waals surface area contributed by atoms with Crippen molar-refractivity contribution in [3.05, 3.63) is 34.4 Å². The van der Waals surface area contributed by atoms with E-state index in [2.05, 4.69) is 10.2 Å². The van der Waals surface area contributed by atoms with Crippen LogP contribution in [0.5, 0.6) is 0 Å². The van der Waals surface area contributed by atoms with Gasteiger partial charge in [-0.2, -0.15) is 10.2 Å². The first-order valence-corrected chi connectivity index (χ1v) is 6.84. The molecule has 6 nitrogen and oxygen atoms in total. The molecule has 0 aliphatic rings. The summed E-state index contributed by atoms with van der Waals surface area (Å²) in [6.45, 7) is 4.58. The molecule has 108 valence electrons. The lowest BCUT2D eigenvalue weighted by molar-refractivity contribution is 0.0526. The van der Waals surface area contributed by atoms with E-state index in [-0.39, 0.29) is 5.97 Å². The van der Waals surface area contributed by atoms with E-state index in [1.165, 1.54) is 6.20 Å². The number of aryl methyl sites for hydroxylation is 2. The Labute approximate surface area is 122 Å². The minimum atomic E-state index is -0.371. The zero-order valence-corrected chi connectivity index (χ0v) is 12.5. The Bertz CT molecular complexity index is 618. The molecule has 0 atom stereocenters. The van der Waals surface area contributed by atoms with E-state index in [1.807, 2.05) is 14.0 Å². The van der Waals surface area contributed by atoms with Gasteiger partial charge in [0.2, 0.25) is 0 Å². The number of halogens is 1. The summed E-state index contributed by atoms with van der Waals surface area (Å²) in [7, 11) is 1.84. The predicted octanol–water partition coefficient (Wildman–Crippen LogP) is 2.06. The second-order valence-electron chi connectivity index (χ2n) is 4.33. The number of carbonyl (C=O) groups excluding carboxylic acids is 1. The summed E-state index contributed by atoms with van der Waals surface area (Å²) in [6.07, 6.45) is 3.91. The Morgan fingerprint density at radius 1 is 1.45 bits per heavy atom. The lowest BCUT2D eigenvalue weighted by Crippen LogP contribution is -2.07. The molecule has 7 heteroatoms. The van der Waals surface area contributed by atoms with Crippen LogP contribution < -0.4 is 0 Å². The van der Waals surface area contributed by atoms with Crippen LogP contribution in [0, 0.1) is 0 Å². The molecule has 0 aliphatic carbocycles. The highest BCUT2D eigenvalue weighted by molar-refractivity contribution is 6.31. The van der Waals surface area contributed by atoms with Gasteiger partial charge in [0.1, 0.15) is 0 Å².